The van der Waals surface area contributed by atoms with E-state index in [9.17, 15) is 4.79 Å². The molecule has 0 radical (unpaired) electrons. The first-order chi connectivity index (χ1) is 11.6. The first-order valence-electron chi connectivity index (χ1n) is 8.17. The van der Waals surface area contributed by atoms with Gasteiger partial charge in [0.05, 0.1) is 11.1 Å². The van der Waals surface area contributed by atoms with Gasteiger partial charge in [-0.2, -0.15) is 4.99 Å². The van der Waals surface area contributed by atoms with Crippen molar-refractivity contribution in [3.8, 4) is 0 Å². The summed E-state index contributed by atoms with van der Waals surface area (Å²) in [5, 5.41) is 2.63. The van der Waals surface area contributed by atoms with Crippen molar-refractivity contribution in [1.82, 2.24) is 9.88 Å². The molecule has 1 saturated heterocycles. The van der Waals surface area contributed by atoms with Gasteiger partial charge in [0, 0.05) is 34.9 Å². The zero-order chi connectivity index (χ0) is 17.1. The highest BCUT2D eigenvalue weighted by atomic mass is 35.5. The van der Waals surface area contributed by atoms with Gasteiger partial charge in [0.1, 0.15) is 0 Å². The highest BCUT2D eigenvalue weighted by Crippen LogP contribution is 2.28. The van der Waals surface area contributed by atoms with Crippen LogP contribution in [0.3, 0.4) is 0 Å². The number of carbonyl (C=O) groups excluding carboxylic acids is 1. The van der Waals surface area contributed by atoms with Crippen LogP contribution < -0.4 is 0 Å². The molecule has 1 amide bonds. The lowest BCUT2D eigenvalue weighted by molar-refractivity contribution is 0.100. The van der Waals surface area contributed by atoms with Crippen molar-refractivity contribution in [2.45, 2.75) is 31.9 Å². The normalized spacial score (nSPS) is 19.4. The summed E-state index contributed by atoms with van der Waals surface area (Å²) in [7, 11) is 0. The molecule has 4 nitrogen and oxygen atoms in total. The van der Waals surface area contributed by atoms with Gasteiger partial charge in [-0.3, -0.25) is 9.78 Å². The Morgan fingerprint density at radius 2 is 2.33 bits per heavy atom. The number of amidine groups is 1. The second-order valence-corrected chi connectivity index (χ2v) is 7.80. The third-order valence-corrected chi connectivity index (χ3v) is 5.26. The lowest BCUT2D eigenvalue weighted by atomic mass is 10.1. The molecular weight excluding hydrogens is 342 g/mol. The number of amides is 1. The van der Waals surface area contributed by atoms with E-state index in [1.807, 2.05) is 18.2 Å². The molecule has 1 unspecified atom stereocenters. The Morgan fingerprint density at radius 1 is 1.50 bits per heavy atom. The van der Waals surface area contributed by atoms with E-state index in [0.717, 1.165) is 36.5 Å². The van der Waals surface area contributed by atoms with Gasteiger partial charge in [0.2, 0.25) is 0 Å². The van der Waals surface area contributed by atoms with Crippen LogP contribution >= 0.6 is 23.4 Å². The van der Waals surface area contributed by atoms with Crippen molar-refractivity contribution in [1.29, 1.82) is 0 Å². The average Bonchev–Trinajstić information content (AvgIpc) is 2.91. The van der Waals surface area contributed by atoms with E-state index in [2.05, 4.69) is 28.7 Å². The fourth-order valence-electron chi connectivity index (χ4n) is 2.78. The summed E-state index contributed by atoms with van der Waals surface area (Å²) in [6, 6.07) is 7.20. The first-order valence-corrected chi connectivity index (χ1v) is 9.43. The van der Waals surface area contributed by atoms with Crippen LogP contribution in [-0.4, -0.2) is 39.3 Å². The number of rotatable bonds is 4. The monoisotopic (exact) mass is 361 g/mol. The Hall–Kier alpha value is -1.59. The van der Waals surface area contributed by atoms with Gasteiger partial charge in [-0.15, -0.1) is 0 Å². The second kappa shape index (κ2) is 7.53. The predicted molar refractivity (Wildman–Crippen MR) is 102 cm³/mol. The molecule has 126 valence electrons. The summed E-state index contributed by atoms with van der Waals surface area (Å²) in [6.07, 6.45) is 3.90. The van der Waals surface area contributed by atoms with Crippen LogP contribution in [0.1, 0.15) is 37.0 Å². The van der Waals surface area contributed by atoms with Crippen molar-refractivity contribution in [2.75, 3.05) is 13.1 Å². The largest absolute Gasteiger partial charge is 0.350 e. The van der Waals surface area contributed by atoms with Gasteiger partial charge in [-0.25, -0.2) is 0 Å². The summed E-state index contributed by atoms with van der Waals surface area (Å²) in [6.45, 7) is 6.20. The van der Waals surface area contributed by atoms with E-state index in [-0.39, 0.29) is 5.91 Å². The maximum atomic E-state index is 12.8. The van der Waals surface area contributed by atoms with E-state index in [4.69, 9.17) is 11.6 Å². The molecule has 1 aromatic heterocycles. The summed E-state index contributed by atoms with van der Waals surface area (Å²) in [5.41, 5.74) is 1.11. The van der Waals surface area contributed by atoms with Crippen molar-refractivity contribution >= 4 is 45.3 Å². The molecule has 6 heteroatoms. The lowest BCUT2D eigenvalue weighted by Crippen LogP contribution is -2.27. The summed E-state index contributed by atoms with van der Waals surface area (Å²) < 4.78 is 0. The number of pyridine rings is 1. The Kier molecular flexibility index (Phi) is 5.41. The third-order valence-electron chi connectivity index (χ3n) is 3.93. The van der Waals surface area contributed by atoms with Gasteiger partial charge in [-0.05, 0) is 24.6 Å². The number of hydrogen-bond acceptors (Lipinski definition) is 3. The number of aromatic nitrogens is 1. The van der Waals surface area contributed by atoms with Crippen LogP contribution in [0.15, 0.2) is 35.5 Å². The van der Waals surface area contributed by atoms with Crippen LogP contribution in [0, 0.1) is 0 Å². The number of benzene rings is 1. The Labute approximate surface area is 151 Å². The number of carbonyl (C=O) groups is 1. The van der Waals surface area contributed by atoms with E-state index in [0.29, 0.717) is 21.4 Å². The van der Waals surface area contributed by atoms with Gasteiger partial charge in [-0.1, -0.05) is 49.7 Å². The van der Waals surface area contributed by atoms with Gasteiger partial charge < -0.3 is 4.90 Å². The number of thioether (sulfide) groups is 1. The quantitative estimate of drug-likeness (QED) is 0.797. The van der Waals surface area contributed by atoms with Crippen LogP contribution in [0.2, 0.25) is 5.02 Å². The van der Waals surface area contributed by atoms with E-state index in [1.54, 1.807) is 24.0 Å². The van der Waals surface area contributed by atoms with Crippen LogP contribution in [0.25, 0.3) is 10.9 Å². The molecule has 2 heterocycles. The number of aliphatic imine (C=N–C) groups is 1. The highest BCUT2D eigenvalue weighted by Gasteiger charge is 2.26. The van der Waals surface area contributed by atoms with Crippen molar-refractivity contribution in [3.63, 3.8) is 0 Å². The predicted octanol–water partition coefficient (Wildman–Crippen LogP) is 4.62. The smallest absolute Gasteiger partial charge is 0.281 e. The minimum atomic E-state index is -0.278. The molecule has 24 heavy (non-hydrogen) atoms. The first kappa shape index (κ1) is 17.2. The summed E-state index contributed by atoms with van der Waals surface area (Å²) in [4.78, 5) is 23.7. The molecule has 1 aromatic carbocycles. The Bertz CT molecular complexity index is 793. The van der Waals surface area contributed by atoms with Crippen molar-refractivity contribution < 1.29 is 4.79 Å². The molecule has 1 fully saturated rings. The average molecular weight is 362 g/mol. The fourth-order valence-corrected chi connectivity index (χ4v) is 4.07. The fraction of sp³-hybridized carbons (Fsp3) is 0.389. The van der Waals surface area contributed by atoms with Gasteiger partial charge >= 0.3 is 0 Å². The van der Waals surface area contributed by atoms with Crippen molar-refractivity contribution in [2.24, 2.45) is 4.99 Å². The van der Waals surface area contributed by atoms with E-state index in [1.165, 1.54) is 0 Å². The minimum Gasteiger partial charge on any atom is -0.350 e. The number of unbranched alkanes of at least 4 members (excludes halogenated alkanes) is 1. The zero-order valence-corrected chi connectivity index (χ0v) is 15.4. The molecule has 1 atom stereocenters. The minimum absolute atomic E-state index is 0.278. The molecule has 0 bridgehead atoms. The Balaban J connectivity index is 1.94. The van der Waals surface area contributed by atoms with Crippen LogP contribution in [0.5, 0.6) is 0 Å². The van der Waals surface area contributed by atoms with Crippen LogP contribution in [0.4, 0.5) is 0 Å². The van der Waals surface area contributed by atoms with E-state index < -0.39 is 0 Å². The number of halogens is 1. The van der Waals surface area contributed by atoms with E-state index >= 15 is 0 Å². The molecule has 0 spiro atoms. The molecule has 0 aliphatic carbocycles. The Morgan fingerprint density at radius 3 is 3.12 bits per heavy atom. The van der Waals surface area contributed by atoms with Gasteiger partial charge in [0.25, 0.3) is 5.91 Å². The standard InChI is InChI=1S/C18H20ClN3OS/c1-3-4-8-22-11-12(2)24-18(22)21-17(23)15-10-14(19)9-13-6-5-7-20-16(13)15/h5-7,9-10,12H,3-4,8,11H2,1-2H3/b21-18-. The van der Waals surface area contributed by atoms with Gasteiger partial charge in [0.15, 0.2) is 5.17 Å². The second-order valence-electron chi connectivity index (χ2n) is 5.96. The molecule has 3 rings (SSSR count). The third kappa shape index (κ3) is 3.73. The SMILES string of the molecule is CCCCN1CC(C)S/C1=N\C(=O)c1cc(Cl)cc2cccnc12. The molecule has 1 aliphatic heterocycles. The molecule has 0 N–H and O–H groups in total. The summed E-state index contributed by atoms with van der Waals surface area (Å²) >= 11 is 7.82. The maximum absolute atomic E-state index is 12.8. The highest BCUT2D eigenvalue weighted by molar-refractivity contribution is 8.14. The number of hydrogen-bond donors (Lipinski definition) is 0. The molecular formula is C18H20ClN3OS. The summed E-state index contributed by atoms with van der Waals surface area (Å²) in [5.74, 6) is -0.278. The molecule has 0 saturated carbocycles. The lowest BCUT2D eigenvalue weighted by Gasteiger charge is -2.17. The topological polar surface area (TPSA) is 45.6 Å². The number of fused-ring (bicyclic) bond motifs is 1. The maximum Gasteiger partial charge on any atom is 0.281 e. The number of nitrogens with zero attached hydrogens (tertiary/aromatic N) is 3. The molecule has 1 aliphatic rings. The van der Waals surface area contributed by atoms with Crippen molar-refractivity contribution in [3.05, 3.63) is 41.0 Å². The zero-order valence-electron chi connectivity index (χ0n) is 13.8. The molecule has 2 aromatic rings. The van der Waals surface area contributed by atoms with Crippen LogP contribution in [-0.2, 0) is 0 Å².